The number of aromatic nitrogens is 1. The smallest absolute Gasteiger partial charge is 0.276 e. The van der Waals surface area contributed by atoms with Crippen LogP contribution in [0.1, 0.15) is 5.56 Å². The van der Waals surface area contributed by atoms with Crippen LogP contribution in [0, 0.1) is 11.3 Å². The predicted octanol–water partition coefficient (Wildman–Crippen LogP) is 0.959. The quantitative estimate of drug-likeness (QED) is 0.779. The fraction of sp³-hybridized carbons (Fsp3) is 0.333. The van der Waals surface area contributed by atoms with E-state index in [4.69, 9.17) is 11.0 Å². The normalized spacial score (nSPS) is 10.8. The number of hydrogen-bond acceptors (Lipinski definition) is 4. The van der Waals surface area contributed by atoms with Crippen LogP contribution in [0.5, 0.6) is 0 Å². The Hall–Kier alpha value is -1.74. The molecule has 0 aliphatic rings. The summed E-state index contributed by atoms with van der Waals surface area (Å²) in [5.74, 6) is -2.98. The van der Waals surface area contributed by atoms with E-state index in [2.05, 4.69) is 10.3 Å². The summed E-state index contributed by atoms with van der Waals surface area (Å²) in [6.45, 7) is -1.34. The number of nitriles is 1. The molecule has 1 heterocycles. The standard InChI is InChI=1S/C9H10F2N4/c10-9(11,5-13)6-15-8-4-14-2-1-7(8)3-12/h1-2,4,15H,5-6,13H2. The highest BCUT2D eigenvalue weighted by Crippen LogP contribution is 2.16. The van der Waals surface area contributed by atoms with Crippen molar-refractivity contribution in [1.29, 1.82) is 5.26 Å². The van der Waals surface area contributed by atoms with Crippen molar-refractivity contribution < 1.29 is 8.78 Å². The highest BCUT2D eigenvalue weighted by atomic mass is 19.3. The van der Waals surface area contributed by atoms with Crippen molar-refractivity contribution >= 4 is 5.69 Å². The van der Waals surface area contributed by atoms with Crippen LogP contribution in [-0.4, -0.2) is 24.0 Å². The summed E-state index contributed by atoms with van der Waals surface area (Å²) >= 11 is 0. The van der Waals surface area contributed by atoms with Gasteiger partial charge in [-0.1, -0.05) is 0 Å². The molecule has 0 spiro atoms. The molecule has 4 nitrogen and oxygen atoms in total. The van der Waals surface area contributed by atoms with Gasteiger partial charge in [0, 0.05) is 6.20 Å². The van der Waals surface area contributed by atoms with Crippen molar-refractivity contribution in [2.24, 2.45) is 5.73 Å². The van der Waals surface area contributed by atoms with Gasteiger partial charge in [0.05, 0.1) is 30.5 Å². The fourth-order valence-corrected chi connectivity index (χ4v) is 0.930. The molecule has 15 heavy (non-hydrogen) atoms. The number of pyridine rings is 1. The first-order chi connectivity index (χ1) is 7.09. The minimum absolute atomic E-state index is 0.276. The lowest BCUT2D eigenvalue weighted by Crippen LogP contribution is -2.35. The molecule has 1 aromatic rings. The maximum Gasteiger partial charge on any atom is 0.276 e. The van der Waals surface area contributed by atoms with Gasteiger partial charge in [-0.05, 0) is 6.07 Å². The Bertz CT molecular complexity index is 373. The van der Waals surface area contributed by atoms with E-state index in [1.807, 2.05) is 6.07 Å². The van der Waals surface area contributed by atoms with Crippen molar-refractivity contribution in [2.45, 2.75) is 5.92 Å². The SMILES string of the molecule is N#Cc1ccncc1NCC(F)(F)CN. The van der Waals surface area contributed by atoms with Crippen LogP contribution in [0.4, 0.5) is 14.5 Å². The second kappa shape index (κ2) is 4.66. The molecule has 0 aliphatic heterocycles. The van der Waals surface area contributed by atoms with Crippen molar-refractivity contribution in [3.8, 4) is 6.07 Å². The number of nitrogens with zero attached hydrogens (tertiary/aromatic N) is 2. The van der Waals surface area contributed by atoms with Gasteiger partial charge in [0.1, 0.15) is 6.07 Å². The molecular weight excluding hydrogens is 202 g/mol. The molecule has 3 N–H and O–H groups in total. The molecule has 0 radical (unpaired) electrons. The first kappa shape index (κ1) is 11.3. The van der Waals surface area contributed by atoms with Gasteiger partial charge in [0.25, 0.3) is 5.92 Å². The van der Waals surface area contributed by atoms with Crippen LogP contribution in [0.2, 0.25) is 0 Å². The predicted molar refractivity (Wildman–Crippen MR) is 51.4 cm³/mol. The molecular formula is C9H10F2N4. The highest BCUT2D eigenvalue weighted by molar-refractivity contribution is 5.55. The Morgan fingerprint density at radius 2 is 2.33 bits per heavy atom. The minimum atomic E-state index is -2.98. The zero-order valence-electron chi connectivity index (χ0n) is 7.87. The van der Waals surface area contributed by atoms with Crippen LogP contribution in [0.3, 0.4) is 0 Å². The van der Waals surface area contributed by atoms with Crippen LogP contribution >= 0.6 is 0 Å². The Kier molecular flexibility index (Phi) is 3.52. The number of nitrogens with one attached hydrogen (secondary N) is 1. The molecule has 0 fully saturated rings. The van der Waals surface area contributed by atoms with Crippen LogP contribution < -0.4 is 11.1 Å². The molecule has 0 bridgehead atoms. The van der Waals surface area contributed by atoms with Crippen LogP contribution in [0.25, 0.3) is 0 Å². The maximum absolute atomic E-state index is 12.8. The van der Waals surface area contributed by atoms with Gasteiger partial charge in [-0.3, -0.25) is 4.98 Å². The maximum atomic E-state index is 12.8. The monoisotopic (exact) mass is 212 g/mol. The van der Waals surface area contributed by atoms with Crippen molar-refractivity contribution in [3.05, 3.63) is 24.0 Å². The van der Waals surface area contributed by atoms with Gasteiger partial charge in [-0.15, -0.1) is 0 Å². The first-order valence-electron chi connectivity index (χ1n) is 4.25. The lowest BCUT2D eigenvalue weighted by Gasteiger charge is -2.15. The van der Waals surface area contributed by atoms with E-state index < -0.39 is 19.0 Å². The largest absolute Gasteiger partial charge is 0.377 e. The number of rotatable bonds is 4. The van der Waals surface area contributed by atoms with Gasteiger partial charge in [0.15, 0.2) is 0 Å². The van der Waals surface area contributed by atoms with Crippen LogP contribution in [-0.2, 0) is 0 Å². The third-order valence-electron chi connectivity index (χ3n) is 1.78. The molecule has 1 rings (SSSR count). The van der Waals surface area contributed by atoms with E-state index >= 15 is 0 Å². The number of alkyl halides is 2. The van der Waals surface area contributed by atoms with E-state index in [-0.39, 0.29) is 11.3 Å². The van der Waals surface area contributed by atoms with Gasteiger partial charge < -0.3 is 11.1 Å². The highest BCUT2D eigenvalue weighted by Gasteiger charge is 2.26. The van der Waals surface area contributed by atoms with Gasteiger partial charge in [0.2, 0.25) is 0 Å². The van der Waals surface area contributed by atoms with Crippen molar-refractivity contribution in [1.82, 2.24) is 4.98 Å². The molecule has 0 saturated carbocycles. The lowest BCUT2D eigenvalue weighted by molar-refractivity contribution is 0.0254. The fourth-order valence-electron chi connectivity index (χ4n) is 0.930. The summed E-state index contributed by atoms with van der Waals surface area (Å²) < 4.78 is 25.6. The number of halogens is 2. The van der Waals surface area contributed by atoms with E-state index in [0.29, 0.717) is 0 Å². The van der Waals surface area contributed by atoms with E-state index in [9.17, 15) is 8.78 Å². The molecule has 0 atom stereocenters. The van der Waals surface area contributed by atoms with E-state index in [1.54, 1.807) is 0 Å². The third-order valence-corrected chi connectivity index (χ3v) is 1.78. The molecule has 0 aromatic carbocycles. The molecule has 6 heteroatoms. The number of hydrogen-bond donors (Lipinski definition) is 2. The third kappa shape index (κ3) is 3.14. The van der Waals surface area contributed by atoms with Crippen molar-refractivity contribution in [3.63, 3.8) is 0 Å². The Balaban J connectivity index is 2.70. The summed E-state index contributed by atoms with van der Waals surface area (Å²) in [6, 6.07) is 3.32. The molecule has 0 unspecified atom stereocenters. The second-order valence-corrected chi connectivity index (χ2v) is 2.95. The summed E-state index contributed by atoms with van der Waals surface area (Å²) in [6.07, 6.45) is 2.75. The second-order valence-electron chi connectivity index (χ2n) is 2.95. The van der Waals surface area contributed by atoms with E-state index in [1.165, 1.54) is 18.5 Å². The summed E-state index contributed by atoms with van der Waals surface area (Å²) in [4.78, 5) is 3.73. The first-order valence-corrected chi connectivity index (χ1v) is 4.25. The Morgan fingerprint density at radius 1 is 1.60 bits per heavy atom. The molecule has 80 valence electrons. The number of nitrogens with two attached hydrogens (primary N) is 1. The minimum Gasteiger partial charge on any atom is -0.377 e. The topological polar surface area (TPSA) is 74.7 Å². The molecule has 1 aromatic heterocycles. The summed E-state index contributed by atoms with van der Waals surface area (Å²) in [5.41, 5.74) is 5.43. The zero-order chi connectivity index (χ0) is 11.3. The number of anilines is 1. The van der Waals surface area contributed by atoms with Gasteiger partial charge in [-0.2, -0.15) is 5.26 Å². The molecule has 0 amide bonds. The Morgan fingerprint density at radius 3 is 2.93 bits per heavy atom. The molecule has 0 aliphatic carbocycles. The average Bonchev–Trinajstić information content (AvgIpc) is 2.27. The Labute approximate surface area is 85.7 Å². The molecule has 0 saturated heterocycles. The van der Waals surface area contributed by atoms with Crippen molar-refractivity contribution in [2.75, 3.05) is 18.4 Å². The van der Waals surface area contributed by atoms with E-state index in [0.717, 1.165) is 0 Å². The van der Waals surface area contributed by atoms with Gasteiger partial charge >= 0.3 is 0 Å². The lowest BCUT2D eigenvalue weighted by atomic mass is 10.2. The van der Waals surface area contributed by atoms with Crippen LogP contribution in [0.15, 0.2) is 18.5 Å². The van der Waals surface area contributed by atoms with Gasteiger partial charge in [-0.25, -0.2) is 8.78 Å². The zero-order valence-corrected chi connectivity index (χ0v) is 7.87. The average molecular weight is 212 g/mol. The summed E-state index contributed by atoms with van der Waals surface area (Å²) in [5, 5.41) is 11.1. The summed E-state index contributed by atoms with van der Waals surface area (Å²) in [7, 11) is 0.